The number of likely N-dealkylation sites (tertiary alicyclic amines) is 1. The topological polar surface area (TPSA) is 60.2 Å². The number of aromatic nitrogens is 3. The van der Waals surface area contributed by atoms with E-state index in [1.54, 1.807) is 18.1 Å². The van der Waals surface area contributed by atoms with Gasteiger partial charge in [0.15, 0.2) is 0 Å². The lowest BCUT2D eigenvalue weighted by atomic mass is 9.80. The molecule has 0 radical (unpaired) electrons. The minimum atomic E-state index is -0.148. The molecule has 6 nitrogen and oxygen atoms in total. The van der Waals surface area contributed by atoms with Crippen molar-refractivity contribution in [1.29, 1.82) is 0 Å². The summed E-state index contributed by atoms with van der Waals surface area (Å²) in [6.45, 7) is 1.94. The van der Waals surface area contributed by atoms with Crippen molar-refractivity contribution in [3.05, 3.63) is 66.2 Å². The van der Waals surface area contributed by atoms with E-state index >= 15 is 0 Å². The van der Waals surface area contributed by atoms with Crippen LogP contribution in [0.5, 0.6) is 5.75 Å². The maximum atomic E-state index is 12.7. The van der Waals surface area contributed by atoms with Crippen LogP contribution in [0.4, 0.5) is 0 Å². The number of nitrogens with zero attached hydrogens (tertiary/aromatic N) is 4. The van der Waals surface area contributed by atoms with Crippen molar-refractivity contribution in [1.82, 2.24) is 19.7 Å². The summed E-state index contributed by atoms with van der Waals surface area (Å²) < 4.78 is 7.55. The van der Waals surface area contributed by atoms with Crippen molar-refractivity contribution < 1.29 is 9.53 Å². The minimum absolute atomic E-state index is 0.111. The van der Waals surface area contributed by atoms with E-state index in [-0.39, 0.29) is 17.1 Å². The Morgan fingerprint density at radius 2 is 2.00 bits per heavy atom. The summed E-state index contributed by atoms with van der Waals surface area (Å²) in [5, 5.41) is 4.15. The quantitative estimate of drug-likeness (QED) is 0.705. The van der Waals surface area contributed by atoms with Gasteiger partial charge in [0.25, 0.3) is 5.91 Å². The average Bonchev–Trinajstić information content (AvgIpc) is 3.42. The molecule has 1 atom stereocenters. The highest BCUT2D eigenvalue weighted by Crippen LogP contribution is 2.46. The van der Waals surface area contributed by atoms with Crippen LogP contribution in [0.3, 0.4) is 0 Å². The summed E-state index contributed by atoms with van der Waals surface area (Å²) in [4.78, 5) is 18.7. The van der Waals surface area contributed by atoms with Gasteiger partial charge in [0.2, 0.25) is 5.82 Å². The maximum absolute atomic E-state index is 12.7. The number of rotatable bonds is 2. The first kappa shape index (κ1) is 16.1. The molecular weight excluding hydrogens is 340 g/mol. The highest BCUT2D eigenvalue weighted by atomic mass is 16.5. The summed E-state index contributed by atoms with van der Waals surface area (Å²) >= 11 is 0. The van der Waals surface area contributed by atoms with Crippen molar-refractivity contribution in [2.45, 2.75) is 11.8 Å². The molecule has 1 unspecified atom stereocenters. The molecule has 1 spiro atoms. The molecular formula is C21H20N4O2. The highest BCUT2D eigenvalue weighted by molar-refractivity contribution is 5.90. The van der Waals surface area contributed by atoms with Gasteiger partial charge in [-0.3, -0.25) is 9.48 Å². The molecule has 2 aliphatic rings. The SMILES string of the molecule is Cn1cnc(C(=O)N2CCC3(COc4ccc(-c5ccccc5)cc43)C2)n1. The number of hydrogen-bond acceptors (Lipinski definition) is 4. The Morgan fingerprint density at radius 3 is 2.78 bits per heavy atom. The van der Waals surface area contributed by atoms with Crippen LogP contribution in [0.15, 0.2) is 54.9 Å². The number of fused-ring (bicyclic) bond motifs is 2. The smallest absolute Gasteiger partial charge is 0.293 e. The van der Waals surface area contributed by atoms with Crippen molar-refractivity contribution in [2.24, 2.45) is 7.05 Å². The monoisotopic (exact) mass is 360 g/mol. The molecule has 3 heterocycles. The molecule has 0 aliphatic carbocycles. The highest BCUT2D eigenvalue weighted by Gasteiger charge is 2.47. The van der Waals surface area contributed by atoms with Crippen molar-refractivity contribution >= 4 is 5.91 Å². The molecule has 3 aromatic rings. The van der Waals surface area contributed by atoms with Crippen LogP contribution < -0.4 is 4.74 Å². The summed E-state index contributed by atoms with van der Waals surface area (Å²) in [5.41, 5.74) is 3.42. The lowest BCUT2D eigenvalue weighted by Crippen LogP contribution is -2.36. The number of amides is 1. The molecule has 6 heteroatoms. The standard InChI is InChI=1S/C21H20N4O2/c1-24-14-22-19(23-24)20(26)25-10-9-21(12-25)13-27-18-8-7-16(11-17(18)21)15-5-3-2-4-6-15/h2-8,11,14H,9-10,12-13H2,1H3. The lowest BCUT2D eigenvalue weighted by Gasteiger charge is -2.23. The van der Waals surface area contributed by atoms with Crippen LogP contribution in [-0.4, -0.2) is 45.3 Å². The molecule has 1 saturated heterocycles. The molecule has 27 heavy (non-hydrogen) atoms. The van der Waals surface area contributed by atoms with E-state index in [0.29, 0.717) is 19.7 Å². The largest absolute Gasteiger partial charge is 0.492 e. The van der Waals surface area contributed by atoms with Crippen molar-refractivity contribution in [3.63, 3.8) is 0 Å². The third kappa shape index (κ3) is 2.60. The minimum Gasteiger partial charge on any atom is -0.492 e. The summed E-state index contributed by atoms with van der Waals surface area (Å²) in [6.07, 6.45) is 2.44. The van der Waals surface area contributed by atoms with Gasteiger partial charge in [-0.15, -0.1) is 5.10 Å². The van der Waals surface area contributed by atoms with E-state index in [1.807, 2.05) is 23.1 Å². The van der Waals surface area contributed by atoms with Crippen molar-refractivity contribution in [2.75, 3.05) is 19.7 Å². The second-order valence-electron chi connectivity index (χ2n) is 7.36. The predicted octanol–water partition coefficient (Wildman–Crippen LogP) is 2.66. The summed E-state index contributed by atoms with van der Waals surface area (Å²) in [5.74, 6) is 1.08. The van der Waals surface area contributed by atoms with Crippen LogP contribution in [0.25, 0.3) is 11.1 Å². The van der Waals surface area contributed by atoms with E-state index in [2.05, 4.69) is 40.4 Å². The van der Waals surface area contributed by atoms with Gasteiger partial charge in [-0.1, -0.05) is 36.4 Å². The Morgan fingerprint density at radius 1 is 1.15 bits per heavy atom. The first-order valence-electron chi connectivity index (χ1n) is 9.12. The molecule has 5 rings (SSSR count). The molecule has 0 saturated carbocycles. The molecule has 0 bridgehead atoms. The molecule has 0 N–H and O–H groups in total. The molecule has 136 valence electrons. The zero-order chi connectivity index (χ0) is 18.4. The Bertz CT molecular complexity index is 1010. The van der Waals surface area contributed by atoms with Gasteiger partial charge >= 0.3 is 0 Å². The first-order valence-corrected chi connectivity index (χ1v) is 9.12. The maximum Gasteiger partial charge on any atom is 0.293 e. The molecule has 1 fully saturated rings. The summed E-state index contributed by atoms with van der Waals surface area (Å²) in [7, 11) is 1.77. The fraction of sp³-hybridized carbons (Fsp3) is 0.286. The normalized spacial score (nSPS) is 20.7. The number of carbonyl (C=O) groups is 1. The van der Waals surface area contributed by atoms with Gasteiger partial charge in [-0.25, -0.2) is 4.98 Å². The first-order chi connectivity index (χ1) is 13.1. The molecule has 1 amide bonds. The fourth-order valence-corrected chi connectivity index (χ4v) is 4.14. The number of ether oxygens (including phenoxy) is 1. The lowest BCUT2D eigenvalue weighted by molar-refractivity contribution is 0.0768. The molecule has 2 aliphatic heterocycles. The third-order valence-electron chi connectivity index (χ3n) is 5.59. The van der Waals surface area contributed by atoms with Crippen LogP contribution in [0, 0.1) is 0 Å². The van der Waals surface area contributed by atoms with Gasteiger partial charge in [0.1, 0.15) is 12.1 Å². The average molecular weight is 360 g/mol. The zero-order valence-corrected chi connectivity index (χ0v) is 15.1. The van der Waals surface area contributed by atoms with Gasteiger partial charge in [-0.2, -0.15) is 0 Å². The van der Waals surface area contributed by atoms with Crippen LogP contribution in [0.2, 0.25) is 0 Å². The van der Waals surface area contributed by atoms with Gasteiger partial charge < -0.3 is 9.64 Å². The van der Waals surface area contributed by atoms with Gasteiger partial charge in [0, 0.05) is 25.7 Å². The van der Waals surface area contributed by atoms with Crippen molar-refractivity contribution in [3.8, 4) is 16.9 Å². The number of hydrogen-bond donors (Lipinski definition) is 0. The van der Waals surface area contributed by atoms with E-state index in [9.17, 15) is 4.79 Å². The van der Waals surface area contributed by atoms with Gasteiger partial charge in [-0.05, 0) is 29.7 Å². The Hall–Kier alpha value is -3.15. The summed E-state index contributed by atoms with van der Waals surface area (Å²) in [6, 6.07) is 16.7. The third-order valence-corrected chi connectivity index (χ3v) is 5.59. The van der Waals surface area contributed by atoms with E-state index < -0.39 is 0 Å². The predicted molar refractivity (Wildman–Crippen MR) is 101 cm³/mol. The van der Waals surface area contributed by atoms with E-state index in [0.717, 1.165) is 12.2 Å². The molecule has 2 aromatic carbocycles. The van der Waals surface area contributed by atoms with E-state index in [1.165, 1.54) is 16.7 Å². The molecule has 1 aromatic heterocycles. The van der Waals surface area contributed by atoms with E-state index in [4.69, 9.17) is 4.74 Å². The number of aryl methyl sites for hydroxylation is 1. The van der Waals surface area contributed by atoms with Crippen LogP contribution in [0.1, 0.15) is 22.6 Å². The van der Waals surface area contributed by atoms with Crippen LogP contribution >= 0.6 is 0 Å². The Labute approximate surface area is 157 Å². The zero-order valence-electron chi connectivity index (χ0n) is 15.1. The van der Waals surface area contributed by atoms with Crippen LogP contribution in [-0.2, 0) is 12.5 Å². The number of carbonyl (C=O) groups excluding carboxylic acids is 1. The fourth-order valence-electron chi connectivity index (χ4n) is 4.14. The number of benzene rings is 2. The Kier molecular flexibility index (Phi) is 3.53. The Balaban J connectivity index is 1.45. The van der Waals surface area contributed by atoms with Gasteiger partial charge in [0.05, 0.1) is 12.0 Å². The second-order valence-corrected chi connectivity index (χ2v) is 7.36. The second kappa shape index (κ2) is 5.94.